The summed E-state index contributed by atoms with van der Waals surface area (Å²) in [5.41, 5.74) is 2.21. The molecule has 20 heavy (non-hydrogen) atoms. The first-order chi connectivity index (χ1) is 9.75. The van der Waals surface area contributed by atoms with E-state index in [1.165, 1.54) is 43.9 Å². The van der Waals surface area contributed by atoms with E-state index in [1.54, 1.807) is 6.08 Å². The predicted molar refractivity (Wildman–Crippen MR) is 80.8 cm³/mol. The molecular formula is C17H21NO2. The maximum Gasteiger partial charge on any atom is 0.328 e. The fourth-order valence-electron chi connectivity index (χ4n) is 3.76. The van der Waals surface area contributed by atoms with E-state index in [0.29, 0.717) is 6.04 Å². The van der Waals surface area contributed by atoms with Crippen LogP contribution in [0.2, 0.25) is 0 Å². The van der Waals surface area contributed by atoms with Gasteiger partial charge < -0.3 is 10.0 Å². The first-order valence-electron chi connectivity index (χ1n) is 7.52. The summed E-state index contributed by atoms with van der Waals surface area (Å²) in [5, 5.41) is 8.82. The van der Waals surface area contributed by atoms with Crippen LogP contribution in [0.5, 0.6) is 0 Å². The number of carboxylic acids is 1. The Hall–Kier alpha value is -1.77. The number of anilines is 1. The molecule has 0 radical (unpaired) electrons. The van der Waals surface area contributed by atoms with Crippen molar-refractivity contribution in [2.45, 2.75) is 38.1 Å². The van der Waals surface area contributed by atoms with Gasteiger partial charge in [-0.2, -0.15) is 0 Å². The zero-order valence-electron chi connectivity index (χ0n) is 11.7. The third-order valence-electron chi connectivity index (χ3n) is 4.66. The van der Waals surface area contributed by atoms with Crippen LogP contribution in [0.15, 0.2) is 30.3 Å². The highest BCUT2D eigenvalue weighted by molar-refractivity contribution is 5.87. The average molecular weight is 271 g/mol. The van der Waals surface area contributed by atoms with Crippen molar-refractivity contribution >= 4 is 17.7 Å². The van der Waals surface area contributed by atoms with Gasteiger partial charge in [0, 0.05) is 24.4 Å². The molecule has 1 aliphatic carbocycles. The summed E-state index contributed by atoms with van der Waals surface area (Å²) in [6.45, 7) is 1.10. The van der Waals surface area contributed by atoms with Crippen LogP contribution in [0.1, 0.15) is 37.7 Å². The summed E-state index contributed by atoms with van der Waals surface area (Å²) in [5.74, 6) is -0.0583. The van der Waals surface area contributed by atoms with Gasteiger partial charge in [-0.3, -0.25) is 0 Å². The fraction of sp³-hybridized carbons (Fsp3) is 0.471. The minimum absolute atomic E-state index is 0.656. The van der Waals surface area contributed by atoms with E-state index in [1.807, 2.05) is 18.2 Å². The summed E-state index contributed by atoms with van der Waals surface area (Å²) < 4.78 is 0. The lowest BCUT2D eigenvalue weighted by Gasteiger charge is -2.34. The SMILES string of the molecule is O=C(O)/C=C/c1ccccc1N1CCC2CCCCC21. The van der Waals surface area contributed by atoms with E-state index < -0.39 is 5.97 Å². The van der Waals surface area contributed by atoms with E-state index in [-0.39, 0.29) is 0 Å². The highest BCUT2D eigenvalue weighted by atomic mass is 16.4. The average Bonchev–Trinajstić information content (AvgIpc) is 2.89. The molecule has 1 aromatic carbocycles. The smallest absolute Gasteiger partial charge is 0.328 e. The van der Waals surface area contributed by atoms with Gasteiger partial charge in [0.15, 0.2) is 0 Å². The van der Waals surface area contributed by atoms with Gasteiger partial charge in [0.1, 0.15) is 0 Å². The number of para-hydroxylation sites is 1. The molecule has 0 amide bonds. The van der Waals surface area contributed by atoms with Gasteiger partial charge in [-0.1, -0.05) is 31.0 Å². The largest absolute Gasteiger partial charge is 0.478 e. The van der Waals surface area contributed by atoms with Crippen molar-refractivity contribution in [3.63, 3.8) is 0 Å². The molecular weight excluding hydrogens is 250 g/mol. The molecule has 106 valence electrons. The molecule has 1 saturated carbocycles. The Kier molecular flexibility index (Phi) is 3.77. The third-order valence-corrected chi connectivity index (χ3v) is 4.66. The van der Waals surface area contributed by atoms with E-state index in [0.717, 1.165) is 18.0 Å². The number of nitrogens with zero attached hydrogens (tertiary/aromatic N) is 1. The summed E-state index contributed by atoms with van der Waals surface area (Å²) in [4.78, 5) is 13.2. The highest BCUT2D eigenvalue weighted by Crippen LogP contribution is 2.40. The van der Waals surface area contributed by atoms with Crippen LogP contribution in [-0.2, 0) is 4.79 Å². The van der Waals surface area contributed by atoms with Gasteiger partial charge >= 0.3 is 5.97 Å². The second-order valence-corrected chi connectivity index (χ2v) is 5.82. The van der Waals surface area contributed by atoms with Crippen LogP contribution in [0.4, 0.5) is 5.69 Å². The highest BCUT2D eigenvalue weighted by Gasteiger charge is 2.36. The molecule has 2 fully saturated rings. The molecule has 1 N–H and O–H groups in total. The molecule has 2 unspecified atom stereocenters. The molecule has 0 spiro atoms. The Morgan fingerprint density at radius 1 is 1.20 bits per heavy atom. The minimum Gasteiger partial charge on any atom is -0.478 e. The van der Waals surface area contributed by atoms with E-state index in [4.69, 9.17) is 5.11 Å². The predicted octanol–water partition coefficient (Wildman–Crippen LogP) is 3.55. The maximum absolute atomic E-state index is 10.7. The molecule has 0 aromatic heterocycles. The normalized spacial score (nSPS) is 25.9. The lowest BCUT2D eigenvalue weighted by atomic mass is 9.85. The number of benzene rings is 1. The third kappa shape index (κ3) is 2.58. The summed E-state index contributed by atoms with van der Waals surface area (Å²) in [6.07, 6.45) is 9.55. The summed E-state index contributed by atoms with van der Waals surface area (Å²) >= 11 is 0. The Labute approximate surface area is 119 Å². The number of hydrogen-bond donors (Lipinski definition) is 1. The second-order valence-electron chi connectivity index (χ2n) is 5.82. The number of fused-ring (bicyclic) bond motifs is 1. The minimum atomic E-state index is -0.892. The van der Waals surface area contributed by atoms with Crippen molar-refractivity contribution in [2.75, 3.05) is 11.4 Å². The van der Waals surface area contributed by atoms with Crippen LogP contribution < -0.4 is 4.90 Å². The van der Waals surface area contributed by atoms with Gasteiger partial charge in [0.05, 0.1) is 0 Å². The maximum atomic E-state index is 10.7. The van der Waals surface area contributed by atoms with Gasteiger partial charge in [0.2, 0.25) is 0 Å². The van der Waals surface area contributed by atoms with Crippen molar-refractivity contribution in [3.8, 4) is 0 Å². The molecule has 3 nitrogen and oxygen atoms in total. The van der Waals surface area contributed by atoms with Crippen molar-refractivity contribution < 1.29 is 9.90 Å². The topological polar surface area (TPSA) is 40.5 Å². The first-order valence-corrected chi connectivity index (χ1v) is 7.52. The number of rotatable bonds is 3. The van der Waals surface area contributed by atoms with Crippen LogP contribution in [-0.4, -0.2) is 23.7 Å². The molecule has 2 atom stereocenters. The van der Waals surface area contributed by atoms with Crippen molar-refractivity contribution in [3.05, 3.63) is 35.9 Å². The van der Waals surface area contributed by atoms with Gasteiger partial charge in [-0.25, -0.2) is 4.79 Å². The van der Waals surface area contributed by atoms with Crippen LogP contribution >= 0.6 is 0 Å². The van der Waals surface area contributed by atoms with E-state index in [2.05, 4.69) is 11.0 Å². The van der Waals surface area contributed by atoms with E-state index in [9.17, 15) is 4.79 Å². The standard InChI is InChI=1S/C17H21NO2/c19-17(20)10-9-13-5-1-3-7-15(13)18-12-11-14-6-2-4-8-16(14)18/h1,3,5,7,9-10,14,16H,2,4,6,8,11-12H2,(H,19,20)/b10-9+. The van der Waals surface area contributed by atoms with Crippen molar-refractivity contribution in [1.82, 2.24) is 0 Å². The number of hydrogen-bond acceptors (Lipinski definition) is 2. The van der Waals surface area contributed by atoms with Crippen LogP contribution in [0, 0.1) is 5.92 Å². The van der Waals surface area contributed by atoms with Gasteiger partial charge in [-0.15, -0.1) is 0 Å². The number of aliphatic carboxylic acids is 1. The Morgan fingerprint density at radius 2 is 2.00 bits per heavy atom. The van der Waals surface area contributed by atoms with Gasteiger partial charge in [0.25, 0.3) is 0 Å². The molecule has 1 aromatic rings. The van der Waals surface area contributed by atoms with Crippen molar-refractivity contribution in [2.24, 2.45) is 5.92 Å². The van der Waals surface area contributed by atoms with E-state index >= 15 is 0 Å². The molecule has 1 saturated heterocycles. The lowest BCUT2D eigenvalue weighted by Crippen LogP contribution is -2.35. The lowest BCUT2D eigenvalue weighted by molar-refractivity contribution is -0.131. The number of carboxylic acid groups (broad SMARTS) is 1. The Balaban J connectivity index is 1.88. The quantitative estimate of drug-likeness (QED) is 0.855. The monoisotopic (exact) mass is 271 g/mol. The zero-order chi connectivity index (χ0) is 13.9. The molecule has 1 heterocycles. The van der Waals surface area contributed by atoms with Crippen LogP contribution in [0.3, 0.4) is 0 Å². The first kappa shape index (κ1) is 13.2. The van der Waals surface area contributed by atoms with Crippen molar-refractivity contribution in [1.29, 1.82) is 0 Å². The molecule has 3 rings (SSSR count). The molecule has 0 bridgehead atoms. The summed E-state index contributed by atoms with van der Waals surface area (Å²) in [7, 11) is 0. The number of carbonyl (C=O) groups is 1. The van der Waals surface area contributed by atoms with Crippen LogP contribution in [0.25, 0.3) is 6.08 Å². The zero-order valence-corrected chi connectivity index (χ0v) is 11.7. The fourth-order valence-corrected chi connectivity index (χ4v) is 3.76. The molecule has 2 aliphatic rings. The Morgan fingerprint density at radius 3 is 2.85 bits per heavy atom. The van der Waals surface area contributed by atoms with Gasteiger partial charge in [-0.05, 0) is 42.9 Å². The Bertz CT molecular complexity index is 523. The molecule has 3 heteroatoms. The summed E-state index contributed by atoms with van der Waals surface area (Å²) in [6, 6.07) is 8.80. The second kappa shape index (κ2) is 5.70. The molecule has 1 aliphatic heterocycles.